The van der Waals surface area contributed by atoms with Gasteiger partial charge in [0, 0.05) is 16.8 Å². The van der Waals surface area contributed by atoms with Crippen LogP contribution < -0.4 is 5.73 Å². The Morgan fingerprint density at radius 2 is 2.24 bits per heavy atom. The second-order valence-electron chi connectivity index (χ2n) is 3.44. The quantitative estimate of drug-likeness (QED) is 0.858. The van der Waals surface area contributed by atoms with E-state index in [9.17, 15) is 9.90 Å². The topological polar surface area (TPSA) is 81.1 Å². The molecule has 5 nitrogen and oxygen atoms in total. The minimum absolute atomic E-state index is 0.141. The Morgan fingerprint density at radius 3 is 2.82 bits per heavy atom. The van der Waals surface area contributed by atoms with Crippen molar-refractivity contribution in [1.29, 1.82) is 0 Å². The van der Waals surface area contributed by atoms with Gasteiger partial charge in [0.15, 0.2) is 0 Å². The number of nitrogens with zero attached hydrogens (tertiary/aromatic N) is 2. The Labute approximate surface area is 102 Å². The minimum atomic E-state index is -0.601. The molecule has 1 heterocycles. The van der Waals surface area contributed by atoms with Gasteiger partial charge in [-0.1, -0.05) is 17.7 Å². The summed E-state index contributed by atoms with van der Waals surface area (Å²) in [6, 6.07) is 6.54. The Morgan fingerprint density at radius 1 is 1.47 bits per heavy atom. The van der Waals surface area contributed by atoms with Gasteiger partial charge >= 0.3 is 0 Å². The lowest BCUT2D eigenvalue weighted by molar-refractivity contribution is 0.0995. The van der Waals surface area contributed by atoms with Gasteiger partial charge in [-0.25, -0.2) is 4.68 Å². The maximum absolute atomic E-state index is 10.9. The van der Waals surface area contributed by atoms with Crippen molar-refractivity contribution in [3.8, 4) is 5.69 Å². The molecule has 0 fully saturated rings. The summed E-state index contributed by atoms with van der Waals surface area (Å²) in [7, 11) is 0. The number of amides is 1. The molecule has 0 bridgehead atoms. The highest BCUT2D eigenvalue weighted by Crippen LogP contribution is 2.19. The fraction of sp³-hybridized carbons (Fsp3) is 0.0909. The van der Waals surface area contributed by atoms with Crippen molar-refractivity contribution in [3.63, 3.8) is 0 Å². The zero-order valence-electron chi connectivity index (χ0n) is 8.80. The van der Waals surface area contributed by atoms with Crippen molar-refractivity contribution in [2.45, 2.75) is 6.61 Å². The van der Waals surface area contributed by atoms with E-state index in [1.807, 2.05) is 0 Å². The Balaban J connectivity index is 2.51. The zero-order chi connectivity index (χ0) is 12.4. The van der Waals surface area contributed by atoms with Crippen LogP contribution in [0.5, 0.6) is 0 Å². The van der Waals surface area contributed by atoms with E-state index in [4.69, 9.17) is 17.3 Å². The van der Waals surface area contributed by atoms with E-state index in [2.05, 4.69) is 5.10 Å². The molecule has 6 heteroatoms. The average molecular weight is 252 g/mol. The molecule has 2 aromatic rings. The van der Waals surface area contributed by atoms with Crippen molar-refractivity contribution in [3.05, 3.63) is 46.7 Å². The maximum atomic E-state index is 10.9. The predicted octanol–water partition coefficient (Wildman–Crippen LogP) is 1.12. The summed E-state index contributed by atoms with van der Waals surface area (Å²) < 4.78 is 1.46. The molecule has 0 saturated carbocycles. The third-order valence-electron chi connectivity index (χ3n) is 2.31. The van der Waals surface area contributed by atoms with Crippen LogP contribution in [0, 0.1) is 0 Å². The lowest BCUT2D eigenvalue weighted by atomic mass is 10.2. The number of hydrogen-bond donors (Lipinski definition) is 2. The highest BCUT2D eigenvalue weighted by atomic mass is 35.5. The van der Waals surface area contributed by atoms with Crippen LogP contribution in [0.1, 0.15) is 16.1 Å². The predicted molar refractivity (Wildman–Crippen MR) is 63.0 cm³/mol. The van der Waals surface area contributed by atoms with E-state index in [-0.39, 0.29) is 12.3 Å². The number of carbonyl (C=O) groups is 1. The molecule has 0 atom stereocenters. The molecule has 0 radical (unpaired) electrons. The third kappa shape index (κ3) is 2.30. The van der Waals surface area contributed by atoms with Crippen molar-refractivity contribution >= 4 is 17.5 Å². The monoisotopic (exact) mass is 251 g/mol. The minimum Gasteiger partial charge on any atom is -0.392 e. The number of hydrogen-bond acceptors (Lipinski definition) is 3. The lowest BCUT2D eigenvalue weighted by Gasteiger charge is -2.07. The molecular weight excluding hydrogens is 242 g/mol. The van der Waals surface area contributed by atoms with Crippen LogP contribution in [0.25, 0.3) is 5.69 Å². The second kappa shape index (κ2) is 4.57. The Bertz CT molecular complexity index is 566. The first-order valence-corrected chi connectivity index (χ1v) is 5.24. The summed E-state index contributed by atoms with van der Waals surface area (Å²) >= 11 is 5.88. The van der Waals surface area contributed by atoms with E-state index >= 15 is 0 Å². The number of aliphatic hydroxyl groups is 1. The first kappa shape index (κ1) is 11.6. The summed E-state index contributed by atoms with van der Waals surface area (Å²) in [6.45, 7) is -0.141. The van der Waals surface area contributed by atoms with Crippen LogP contribution in [0.4, 0.5) is 0 Å². The maximum Gasteiger partial charge on any atom is 0.269 e. The van der Waals surface area contributed by atoms with Crippen LogP contribution >= 0.6 is 11.6 Å². The van der Waals surface area contributed by atoms with Crippen LogP contribution in [0.3, 0.4) is 0 Å². The van der Waals surface area contributed by atoms with E-state index in [1.54, 1.807) is 24.4 Å². The largest absolute Gasteiger partial charge is 0.392 e. The molecule has 0 unspecified atom stereocenters. The van der Waals surface area contributed by atoms with Crippen LogP contribution in [0.2, 0.25) is 5.02 Å². The van der Waals surface area contributed by atoms with Gasteiger partial charge in [-0.05, 0) is 18.2 Å². The molecule has 0 spiro atoms. The van der Waals surface area contributed by atoms with Gasteiger partial charge in [0.25, 0.3) is 5.91 Å². The Kier molecular flexibility index (Phi) is 3.12. The van der Waals surface area contributed by atoms with Crippen molar-refractivity contribution < 1.29 is 9.90 Å². The highest BCUT2D eigenvalue weighted by molar-refractivity contribution is 6.30. The first-order valence-electron chi connectivity index (χ1n) is 4.87. The van der Waals surface area contributed by atoms with Gasteiger partial charge in [-0.2, -0.15) is 5.10 Å². The highest BCUT2D eigenvalue weighted by Gasteiger charge is 2.09. The molecule has 1 aromatic carbocycles. The van der Waals surface area contributed by atoms with Crippen LogP contribution in [0.15, 0.2) is 30.5 Å². The fourth-order valence-electron chi connectivity index (χ4n) is 1.47. The number of nitrogens with two attached hydrogens (primary N) is 1. The molecular formula is C11H10ClN3O2. The van der Waals surface area contributed by atoms with Crippen LogP contribution in [-0.2, 0) is 6.61 Å². The van der Waals surface area contributed by atoms with Gasteiger partial charge in [-0.15, -0.1) is 0 Å². The summed E-state index contributed by atoms with van der Waals surface area (Å²) in [5, 5.41) is 13.7. The average Bonchev–Trinajstić information content (AvgIpc) is 2.78. The molecule has 0 aliphatic rings. The van der Waals surface area contributed by atoms with Crippen molar-refractivity contribution in [1.82, 2.24) is 9.78 Å². The second-order valence-corrected chi connectivity index (χ2v) is 3.88. The lowest BCUT2D eigenvalue weighted by Crippen LogP contribution is -2.12. The SMILES string of the molecule is NC(=O)c1ccn(-c2cc(Cl)ccc2CO)n1. The summed E-state index contributed by atoms with van der Waals surface area (Å²) in [5.41, 5.74) is 6.56. The molecule has 88 valence electrons. The van der Waals surface area contributed by atoms with E-state index in [0.29, 0.717) is 16.3 Å². The van der Waals surface area contributed by atoms with Gasteiger partial charge in [0.1, 0.15) is 5.69 Å². The fourth-order valence-corrected chi connectivity index (χ4v) is 1.64. The molecule has 17 heavy (non-hydrogen) atoms. The summed E-state index contributed by atoms with van der Waals surface area (Å²) in [5.74, 6) is -0.601. The number of halogens is 1. The van der Waals surface area contributed by atoms with Crippen molar-refractivity contribution in [2.75, 3.05) is 0 Å². The zero-order valence-corrected chi connectivity index (χ0v) is 9.55. The summed E-state index contributed by atoms with van der Waals surface area (Å²) in [6.07, 6.45) is 1.59. The smallest absolute Gasteiger partial charge is 0.269 e. The third-order valence-corrected chi connectivity index (χ3v) is 2.54. The normalized spacial score (nSPS) is 10.5. The van der Waals surface area contributed by atoms with E-state index in [1.165, 1.54) is 10.7 Å². The first-order chi connectivity index (χ1) is 8.11. The molecule has 3 N–H and O–H groups in total. The number of aliphatic hydroxyl groups excluding tert-OH is 1. The number of aromatic nitrogens is 2. The number of benzene rings is 1. The number of primary amides is 1. The van der Waals surface area contributed by atoms with Crippen LogP contribution in [-0.4, -0.2) is 20.8 Å². The van der Waals surface area contributed by atoms with Gasteiger partial charge in [0.05, 0.1) is 12.3 Å². The van der Waals surface area contributed by atoms with Crippen molar-refractivity contribution in [2.24, 2.45) is 5.73 Å². The Hall–Kier alpha value is -1.85. The number of carbonyl (C=O) groups excluding carboxylic acids is 1. The molecule has 1 amide bonds. The van der Waals surface area contributed by atoms with Gasteiger partial charge in [-0.3, -0.25) is 4.79 Å². The van der Waals surface area contributed by atoms with E-state index in [0.717, 1.165) is 0 Å². The van der Waals surface area contributed by atoms with Gasteiger partial charge in [0.2, 0.25) is 0 Å². The molecule has 0 aliphatic carbocycles. The molecule has 2 rings (SSSR count). The molecule has 0 saturated heterocycles. The molecule has 1 aromatic heterocycles. The number of rotatable bonds is 3. The van der Waals surface area contributed by atoms with Gasteiger partial charge < -0.3 is 10.8 Å². The standard InChI is InChI=1S/C11H10ClN3O2/c12-8-2-1-7(6-16)10(5-8)15-4-3-9(14-15)11(13)17/h1-5,16H,6H2,(H2,13,17). The van der Waals surface area contributed by atoms with E-state index < -0.39 is 5.91 Å². The molecule has 0 aliphatic heterocycles. The summed E-state index contributed by atoms with van der Waals surface area (Å²) in [4.78, 5) is 10.9.